The average molecular weight is 244 g/mol. The monoisotopic (exact) mass is 244 g/mol. The molecule has 18 heavy (non-hydrogen) atoms. The summed E-state index contributed by atoms with van der Waals surface area (Å²) in [5.74, 6) is 0.845. The number of anilines is 1. The van der Waals surface area contributed by atoms with E-state index >= 15 is 0 Å². The average Bonchev–Trinajstić information content (AvgIpc) is 2.82. The highest BCUT2D eigenvalue weighted by Crippen LogP contribution is 2.28. The third-order valence-corrected chi connectivity index (χ3v) is 4.58. The molecule has 0 aromatic heterocycles. The van der Waals surface area contributed by atoms with E-state index in [4.69, 9.17) is 0 Å². The van der Waals surface area contributed by atoms with Gasteiger partial charge in [-0.1, -0.05) is 31.5 Å². The number of nitrogens with one attached hydrogen (secondary N) is 2. The van der Waals surface area contributed by atoms with Crippen molar-refractivity contribution < 1.29 is 0 Å². The highest BCUT2D eigenvalue weighted by atomic mass is 14.9. The largest absolute Gasteiger partial charge is 0.385 e. The number of rotatable bonds is 3. The van der Waals surface area contributed by atoms with Crippen molar-refractivity contribution in [2.75, 3.05) is 11.9 Å². The predicted molar refractivity (Wildman–Crippen MR) is 76.9 cm³/mol. The van der Waals surface area contributed by atoms with Crippen molar-refractivity contribution in [3.05, 3.63) is 29.3 Å². The van der Waals surface area contributed by atoms with E-state index in [1.807, 2.05) is 0 Å². The van der Waals surface area contributed by atoms with Gasteiger partial charge < -0.3 is 10.6 Å². The van der Waals surface area contributed by atoms with Crippen molar-refractivity contribution in [2.45, 2.75) is 51.6 Å². The Hall–Kier alpha value is -1.02. The fraction of sp³-hybridized carbons (Fsp3) is 0.625. The molecule has 1 aromatic carbocycles. The zero-order valence-corrected chi connectivity index (χ0v) is 11.3. The van der Waals surface area contributed by atoms with Crippen LogP contribution in [0.15, 0.2) is 18.2 Å². The molecule has 0 amide bonds. The molecule has 2 nitrogen and oxygen atoms in total. The zero-order valence-electron chi connectivity index (χ0n) is 11.3. The van der Waals surface area contributed by atoms with Gasteiger partial charge in [0.1, 0.15) is 0 Å². The molecule has 2 aliphatic rings. The van der Waals surface area contributed by atoms with Gasteiger partial charge in [0.15, 0.2) is 0 Å². The molecule has 1 fully saturated rings. The van der Waals surface area contributed by atoms with Crippen molar-refractivity contribution in [1.29, 1.82) is 0 Å². The third-order valence-electron chi connectivity index (χ3n) is 4.58. The first-order valence-corrected chi connectivity index (χ1v) is 7.42. The number of benzene rings is 1. The summed E-state index contributed by atoms with van der Waals surface area (Å²) in [6.45, 7) is 4.53. The summed E-state index contributed by atoms with van der Waals surface area (Å²) in [5.41, 5.74) is 4.35. The zero-order chi connectivity index (χ0) is 12.4. The highest BCUT2D eigenvalue weighted by Gasteiger charge is 2.23. The van der Waals surface area contributed by atoms with Gasteiger partial charge in [-0.2, -0.15) is 0 Å². The number of hydrogen-bond acceptors (Lipinski definition) is 2. The second-order valence-corrected chi connectivity index (χ2v) is 5.88. The molecule has 0 radical (unpaired) electrons. The topological polar surface area (TPSA) is 24.1 Å². The molecule has 2 unspecified atom stereocenters. The van der Waals surface area contributed by atoms with E-state index in [1.54, 1.807) is 0 Å². The second kappa shape index (κ2) is 5.31. The Labute approximate surface area is 110 Å². The molecule has 3 rings (SSSR count). The Morgan fingerprint density at radius 1 is 1.28 bits per heavy atom. The van der Waals surface area contributed by atoms with Crippen LogP contribution in [0.2, 0.25) is 0 Å². The number of para-hydroxylation sites is 1. The SMILES string of the molecule is CC1CCCC1NCc1cccc2c1NCCC2. The fourth-order valence-corrected chi connectivity index (χ4v) is 3.42. The molecule has 1 saturated carbocycles. The number of fused-ring (bicyclic) bond motifs is 1. The number of aryl methyl sites for hydroxylation is 1. The summed E-state index contributed by atoms with van der Waals surface area (Å²) in [6, 6.07) is 7.47. The minimum absolute atomic E-state index is 0.726. The molecule has 1 heterocycles. The maximum atomic E-state index is 3.76. The first-order valence-electron chi connectivity index (χ1n) is 7.42. The number of hydrogen-bond donors (Lipinski definition) is 2. The summed E-state index contributed by atoms with van der Waals surface area (Å²) in [7, 11) is 0. The molecular weight excluding hydrogens is 220 g/mol. The van der Waals surface area contributed by atoms with E-state index < -0.39 is 0 Å². The normalized spacial score (nSPS) is 26.7. The van der Waals surface area contributed by atoms with Gasteiger partial charge in [0, 0.05) is 24.8 Å². The Bertz CT molecular complexity index is 414. The third kappa shape index (κ3) is 2.39. The molecule has 2 atom stereocenters. The molecule has 2 N–H and O–H groups in total. The van der Waals surface area contributed by atoms with Gasteiger partial charge >= 0.3 is 0 Å². The summed E-state index contributed by atoms with van der Waals surface area (Å²) < 4.78 is 0. The molecular formula is C16H24N2. The quantitative estimate of drug-likeness (QED) is 0.852. The van der Waals surface area contributed by atoms with Crippen molar-refractivity contribution >= 4 is 5.69 Å². The Morgan fingerprint density at radius 2 is 2.22 bits per heavy atom. The Kier molecular flexibility index (Phi) is 3.55. The molecule has 1 aliphatic carbocycles. The van der Waals surface area contributed by atoms with Crippen molar-refractivity contribution in [1.82, 2.24) is 5.32 Å². The van der Waals surface area contributed by atoms with E-state index in [0.29, 0.717) is 0 Å². The first-order chi connectivity index (χ1) is 8.84. The van der Waals surface area contributed by atoms with Crippen LogP contribution in [-0.2, 0) is 13.0 Å². The van der Waals surface area contributed by atoms with Gasteiger partial charge in [0.05, 0.1) is 0 Å². The highest BCUT2D eigenvalue weighted by molar-refractivity contribution is 5.59. The Balaban J connectivity index is 1.69. The lowest BCUT2D eigenvalue weighted by Crippen LogP contribution is -2.31. The van der Waals surface area contributed by atoms with E-state index in [2.05, 4.69) is 35.8 Å². The maximum Gasteiger partial charge on any atom is 0.0418 e. The van der Waals surface area contributed by atoms with Crippen LogP contribution in [0.4, 0.5) is 5.69 Å². The molecule has 98 valence electrons. The summed E-state index contributed by atoms with van der Waals surface area (Å²) >= 11 is 0. The van der Waals surface area contributed by atoms with Crippen LogP contribution in [0.1, 0.15) is 43.7 Å². The maximum absolute atomic E-state index is 3.76. The Morgan fingerprint density at radius 3 is 3.06 bits per heavy atom. The molecule has 0 saturated heterocycles. The molecule has 0 bridgehead atoms. The lowest BCUT2D eigenvalue weighted by atomic mass is 9.99. The molecule has 1 aromatic rings. The van der Waals surface area contributed by atoms with Gasteiger partial charge in [-0.15, -0.1) is 0 Å². The van der Waals surface area contributed by atoms with Crippen LogP contribution < -0.4 is 10.6 Å². The van der Waals surface area contributed by atoms with E-state index in [-0.39, 0.29) is 0 Å². The van der Waals surface area contributed by atoms with Crippen LogP contribution >= 0.6 is 0 Å². The standard InChI is InChI=1S/C16H24N2/c1-12-5-2-9-15(12)18-11-14-7-3-6-13-8-4-10-17-16(13)14/h3,6-7,12,15,17-18H,2,4-5,8-11H2,1H3. The van der Waals surface area contributed by atoms with Gasteiger partial charge in [-0.05, 0) is 42.7 Å². The van der Waals surface area contributed by atoms with Crippen molar-refractivity contribution in [2.24, 2.45) is 5.92 Å². The van der Waals surface area contributed by atoms with Crippen LogP contribution in [-0.4, -0.2) is 12.6 Å². The van der Waals surface area contributed by atoms with Gasteiger partial charge in [-0.3, -0.25) is 0 Å². The predicted octanol–water partition coefficient (Wildman–Crippen LogP) is 3.32. The van der Waals surface area contributed by atoms with E-state index in [9.17, 15) is 0 Å². The smallest absolute Gasteiger partial charge is 0.0418 e. The summed E-state index contributed by atoms with van der Waals surface area (Å²) in [4.78, 5) is 0. The van der Waals surface area contributed by atoms with E-state index in [0.717, 1.165) is 25.0 Å². The molecule has 0 spiro atoms. The van der Waals surface area contributed by atoms with Crippen LogP contribution in [0.3, 0.4) is 0 Å². The fourth-order valence-electron chi connectivity index (χ4n) is 3.42. The minimum atomic E-state index is 0.726. The van der Waals surface area contributed by atoms with Gasteiger partial charge in [0.25, 0.3) is 0 Å². The van der Waals surface area contributed by atoms with Crippen molar-refractivity contribution in [3.63, 3.8) is 0 Å². The molecule has 2 heteroatoms. The van der Waals surface area contributed by atoms with Gasteiger partial charge in [0.2, 0.25) is 0 Å². The van der Waals surface area contributed by atoms with Gasteiger partial charge in [-0.25, -0.2) is 0 Å². The lowest BCUT2D eigenvalue weighted by molar-refractivity contribution is 0.426. The van der Waals surface area contributed by atoms with Crippen molar-refractivity contribution in [3.8, 4) is 0 Å². The minimum Gasteiger partial charge on any atom is -0.385 e. The summed E-state index contributed by atoms with van der Waals surface area (Å²) in [6.07, 6.45) is 6.63. The lowest BCUT2D eigenvalue weighted by Gasteiger charge is -2.23. The van der Waals surface area contributed by atoms with Crippen LogP contribution in [0.25, 0.3) is 0 Å². The van der Waals surface area contributed by atoms with Crippen LogP contribution in [0.5, 0.6) is 0 Å². The summed E-state index contributed by atoms with van der Waals surface area (Å²) in [5, 5.41) is 7.34. The second-order valence-electron chi connectivity index (χ2n) is 5.88. The first kappa shape index (κ1) is 12.0. The van der Waals surface area contributed by atoms with E-state index in [1.165, 1.54) is 48.9 Å². The van der Waals surface area contributed by atoms with Crippen LogP contribution in [0, 0.1) is 5.92 Å². The molecule has 1 aliphatic heterocycles.